The van der Waals surface area contributed by atoms with E-state index in [4.69, 9.17) is 4.74 Å². The van der Waals surface area contributed by atoms with E-state index >= 15 is 0 Å². The smallest absolute Gasteiger partial charge is 0.107 e. The van der Waals surface area contributed by atoms with Gasteiger partial charge in [-0.05, 0) is 19.3 Å². The molecule has 0 radical (unpaired) electrons. The summed E-state index contributed by atoms with van der Waals surface area (Å²) in [4.78, 5) is 7.08. The van der Waals surface area contributed by atoms with Crippen molar-refractivity contribution in [1.82, 2.24) is 15.2 Å². The fraction of sp³-hybridized carbons (Fsp3) is 0.800. The average Bonchev–Trinajstić information content (AvgIpc) is 2.84. The van der Waals surface area contributed by atoms with Crippen LogP contribution in [-0.2, 0) is 11.3 Å². The Morgan fingerprint density at radius 3 is 2.75 bits per heavy atom. The summed E-state index contributed by atoms with van der Waals surface area (Å²) in [7, 11) is 0. The molecule has 0 aromatic carbocycles. The molecule has 0 saturated carbocycles. The first-order chi connectivity index (χ1) is 9.65. The zero-order chi connectivity index (χ0) is 14.4. The van der Waals surface area contributed by atoms with Crippen LogP contribution in [0.2, 0.25) is 0 Å². The number of aryl methyl sites for hydroxylation is 1. The van der Waals surface area contributed by atoms with E-state index in [1.165, 1.54) is 11.4 Å². The molecule has 20 heavy (non-hydrogen) atoms. The van der Waals surface area contributed by atoms with Gasteiger partial charge in [0, 0.05) is 43.3 Å². The van der Waals surface area contributed by atoms with Crippen LogP contribution in [0, 0.1) is 12.8 Å². The summed E-state index contributed by atoms with van der Waals surface area (Å²) >= 11 is 1.74. The Morgan fingerprint density at radius 1 is 1.40 bits per heavy atom. The van der Waals surface area contributed by atoms with Gasteiger partial charge in [-0.2, -0.15) is 0 Å². The molecule has 0 amide bonds. The molecule has 1 fully saturated rings. The van der Waals surface area contributed by atoms with Crippen LogP contribution in [0.5, 0.6) is 0 Å². The topological polar surface area (TPSA) is 37.4 Å². The number of hydrogen-bond acceptors (Lipinski definition) is 5. The highest BCUT2D eigenvalue weighted by Crippen LogP contribution is 2.14. The minimum Gasteiger partial charge on any atom is -0.379 e. The second-order valence-electron chi connectivity index (χ2n) is 5.95. The van der Waals surface area contributed by atoms with Crippen molar-refractivity contribution in [3.05, 3.63) is 16.1 Å². The highest BCUT2D eigenvalue weighted by molar-refractivity contribution is 7.09. The molecule has 0 aliphatic carbocycles. The quantitative estimate of drug-likeness (QED) is 0.838. The molecule has 1 aliphatic rings. The van der Waals surface area contributed by atoms with Gasteiger partial charge in [0.25, 0.3) is 0 Å². The van der Waals surface area contributed by atoms with E-state index < -0.39 is 0 Å². The molecule has 2 heterocycles. The minimum absolute atomic E-state index is 0.611. The average molecular weight is 297 g/mol. The van der Waals surface area contributed by atoms with E-state index in [2.05, 4.69) is 41.4 Å². The van der Waals surface area contributed by atoms with Crippen molar-refractivity contribution < 1.29 is 4.74 Å². The van der Waals surface area contributed by atoms with E-state index in [0.29, 0.717) is 6.04 Å². The highest BCUT2D eigenvalue weighted by atomic mass is 32.1. The lowest BCUT2D eigenvalue weighted by atomic mass is 10.0. The van der Waals surface area contributed by atoms with Crippen molar-refractivity contribution in [3.63, 3.8) is 0 Å². The second-order valence-corrected chi connectivity index (χ2v) is 6.89. The Hall–Kier alpha value is -0.490. The number of nitrogens with one attached hydrogen (secondary N) is 1. The third kappa shape index (κ3) is 5.13. The summed E-state index contributed by atoms with van der Waals surface area (Å²) in [5.41, 5.74) is 1.12. The second kappa shape index (κ2) is 8.08. The lowest BCUT2D eigenvalue weighted by molar-refractivity contribution is 0.0123. The summed E-state index contributed by atoms with van der Waals surface area (Å²) < 4.78 is 5.46. The van der Waals surface area contributed by atoms with Crippen LogP contribution in [0.1, 0.15) is 31.0 Å². The van der Waals surface area contributed by atoms with Gasteiger partial charge in [0.05, 0.1) is 13.2 Å². The maximum absolute atomic E-state index is 5.46. The molecule has 4 nitrogen and oxygen atoms in total. The van der Waals surface area contributed by atoms with Gasteiger partial charge in [0.15, 0.2) is 0 Å². The number of morpholine rings is 1. The maximum Gasteiger partial charge on any atom is 0.107 e. The van der Waals surface area contributed by atoms with Crippen LogP contribution >= 0.6 is 11.3 Å². The first kappa shape index (κ1) is 15.9. The minimum atomic E-state index is 0.611. The predicted octanol–water partition coefficient (Wildman–Crippen LogP) is 2.29. The van der Waals surface area contributed by atoms with Crippen LogP contribution < -0.4 is 5.32 Å². The Labute approximate surface area is 126 Å². The van der Waals surface area contributed by atoms with E-state index in [0.717, 1.165) is 51.0 Å². The SMILES string of the molecule is Cc1csc(CNCC(CC(C)C)N2CCOCC2)n1. The molecular weight excluding hydrogens is 270 g/mol. The van der Waals surface area contributed by atoms with E-state index in [1.54, 1.807) is 11.3 Å². The number of ether oxygens (including phenoxy) is 1. The van der Waals surface area contributed by atoms with Crippen molar-refractivity contribution in [2.24, 2.45) is 5.92 Å². The van der Waals surface area contributed by atoms with Crippen LogP contribution in [-0.4, -0.2) is 48.8 Å². The number of nitrogens with zero attached hydrogens (tertiary/aromatic N) is 2. The van der Waals surface area contributed by atoms with Crippen molar-refractivity contribution in [2.75, 3.05) is 32.8 Å². The van der Waals surface area contributed by atoms with Crippen LogP contribution in [0.25, 0.3) is 0 Å². The molecule has 1 unspecified atom stereocenters. The molecular formula is C15H27N3OS. The molecule has 0 bridgehead atoms. The lowest BCUT2D eigenvalue weighted by Gasteiger charge is -2.35. The first-order valence-corrected chi connectivity index (χ1v) is 8.46. The third-order valence-electron chi connectivity index (χ3n) is 3.63. The predicted molar refractivity (Wildman–Crippen MR) is 84.2 cm³/mol. The van der Waals surface area contributed by atoms with Gasteiger partial charge in [0.1, 0.15) is 5.01 Å². The Balaban J connectivity index is 1.80. The fourth-order valence-corrected chi connectivity index (χ4v) is 3.42. The Morgan fingerprint density at radius 2 is 2.15 bits per heavy atom. The van der Waals surface area contributed by atoms with Crippen LogP contribution in [0.4, 0.5) is 0 Å². The van der Waals surface area contributed by atoms with Crippen molar-refractivity contribution in [2.45, 2.75) is 39.8 Å². The van der Waals surface area contributed by atoms with Gasteiger partial charge in [-0.1, -0.05) is 13.8 Å². The van der Waals surface area contributed by atoms with Gasteiger partial charge >= 0.3 is 0 Å². The molecule has 0 spiro atoms. The van der Waals surface area contributed by atoms with Crippen LogP contribution in [0.15, 0.2) is 5.38 Å². The van der Waals surface area contributed by atoms with E-state index in [9.17, 15) is 0 Å². The molecule has 1 N–H and O–H groups in total. The molecule has 1 aliphatic heterocycles. The zero-order valence-electron chi connectivity index (χ0n) is 12.9. The lowest BCUT2D eigenvalue weighted by Crippen LogP contribution is -2.48. The summed E-state index contributed by atoms with van der Waals surface area (Å²) in [5.74, 6) is 0.728. The highest BCUT2D eigenvalue weighted by Gasteiger charge is 2.21. The number of aromatic nitrogens is 1. The number of thiazole rings is 1. The first-order valence-electron chi connectivity index (χ1n) is 7.58. The maximum atomic E-state index is 5.46. The monoisotopic (exact) mass is 297 g/mol. The molecule has 1 saturated heterocycles. The largest absolute Gasteiger partial charge is 0.379 e. The van der Waals surface area contributed by atoms with Gasteiger partial charge in [-0.15, -0.1) is 11.3 Å². The van der Waals surface area contributed by atoms with Gasteiger partial charge < -0.3 is 10.1 Å². The molecule has 2 rings (SSSR count). The van der Waals surface area contributed by atoms with E-state index in [-0.39, 0.29) is 0 Å². The molecule has 1 atom stereocenters. The van der Waals surface area contributed by atoms with Gasteiger partial charge in [-0.3, -0.25) is 4.90 Å². The summed E-state index contributed by atoms with van der Waals surface area (Å²) in [6.45, 7) is 12.5. The molecule has 114 valence electrons. The summed E-state index contributed by atoms with van der Waals surface area (Å²) in [5, 5.41) is 6.89. The van der Waals surface area contributed by atoms with Gasteiger partial charge in [0.2, 0.25) is 0 Å². The molecule has 1 aromatic rings. The van der Waals surface area contributed by atoms with E-state index in [1.807, 2.05) is 0 Å². The van der Waals surface area contributed by atoms with Crippen molar-refractivity contribution >= 4 is 11.3 Å². The van der Waals surface area contributed by atoms with Crippen molar-refractivity contribution in [3.8, 4) is 0 Å². The molecule has 1 aromatic heterocycles. The Kier molecular flexibility index (Phi) is 6.42. The Bertz CT molecular complexity index is 388. The number of rotatable bonds is 7. The fourth-order valence-electron chi connectivity index (χ4n) is 2.68. The van der Waals surface area contributed by atoms with Gasteiger partial charge in [-0.25, -0.2) is 4.98 Å². The zero-order valence-corrected chi connectivity index (χ0v) is 13.7. The summed E-state index contributed by atoms with van der Waals surface area (Å²) in [6, 6.07) is 0.611. The van der Waals surface area contributed by atoms with Crippen LogP contribution in [0.3, 0.4) is 0 Å². The standard InChI is InChI=1S/C15H27N3OS/c1-12(2)8-14(18-4-6-19-7-5-18)9-16-10-15-17-13(3)11-20-15/h11-12,14,16H,4-10H2,1-3H3. The summed E-state index contributed by atoms with van der Waals surface area (Å²) in [6.07, 6.45) is 1.24. The normalized spacial score (nSPS) is 18.6. The van der Waals surface area contributed by atoms with Crippen molar-refractivity contribution in [1.29, 1.82) is 0 Å². The number of hydrogen-bond donors (Lipinski definition) is 1. The molecule has 5 heteroatoms. The third-order valence-corrected chi connectivity index (χ3v) is 4.59.